The number of piperazine rings is 1. The second-order valence-electron chi connectivity index (χ2n) is 4.89. The zero-order valence-corrected chi connectivity index (χ0v) is 9.42. The number of nitrogens with one attached hydrogen (secondary N) is 2. The molecule has 3 atom stereocenters. The monoisotopic (exact) mass is 197 g/mol. The molecule has 0 aromatic heterocycles. The third kappa shape index (κ3) is 2.10. The molecule has 2 fully saturated rings. The largest absolute Gasteiger partial charge is 0.316 e. The van der Waals surface area contributed by atoms with Gasteiger partial charge in [0.2, 0.25) is 0 Å². The van der Waals surface area contributed by atoms with Crippen LogP contribution in [0.5, 0.6) is 0 Å². The Kier molecular flexibility index (Phi) is 3.42. The topological polar surface area (TPSA) is 27.3 Å². The number of nitrogens with zero attached hydrogens (tertiary/aromatic N) is 1. The van der Waals surface area contributed by atoms with Crippen LogP contribution >= 0.6 is 0 Å². The summed E-state index contributed by atoms with van der Waals surface area (Å²) in [6, 6.07) is 0.742. The van der Waals surface area contributed by atoms with Crippen LogP contribution in [0.1, 0.15) is 13.3 Å². The van der Waals surface area contributed by atoms with Gasteiger partial charge in [-0.1, -0.05) is 6.92 Å². The Morgan fingerprint density at radius 3 is 2.64 bits per heavy atom. The summed E-state index contributed by atoms with van der Waals surface area (Å²) in [5.74, 6) is 1.71. The Morgan fingerprint density at radius 2 is 1.93 bits per heavy atom. The van der Waals surface area contributed by atoms with Crippen molar-refractivity contribution < 1.29 is 0 Å². The van der Waals surface area contributed by atoms with Gasteiger partial charge in [0.05, 0.1) is 0 Å². The van der Waals surface area contributed by atoms with Crippen LogP contribution in [0.2, 0.25) is 0 Å². The maximum Gasteiger partial charge on any atom is 0.0261 e. The van der Waals surface area contributed by atoms with E-state index in [1.54, 1.807) is 0 Å². The number of hydrogen-bond donors (Lipinski definition) is 2. The third-order valence-corrected chi connectivity index (χ3v) is 3.94. The van der Waals surface area contributed by atoms with Crippen LogP contribution in [0.3, 0.4) is 0 Å². The number of likely N-dealkylation sites (N-methyl/N-ethyl adjacent to an activating group) is 1. The Hall–Kier alpha value is -0.120. The van der Waals surface area contributed by atoms with Crippen molar-refractivity contribution >= 4 is 0 Å². The van der Waals surface area contributed by atoms with Gasteiger partial charge in [0.15, 0.2) is 0 Å². The van der Waals surface area contributed by atoms with E-state index in [0.717, 1.165) is 24.4 Å². The van der Waals surface area contributed by atoms with Crippen molar-refractivity contribution in [2.45, 2.75) is 19.4 Å². The zero-order valence-electron chi connectivity index (χ0n) is 9.42. The Labute approximate surface area is 87.2 Å². The van der Waals surface area contributed by atoms with Crippen LogP contribution in [0.4, 0.5) is 0 Å². The van der Waals surface area contributed by atoms with Gasteiger partial charge < -0.3 is 15.5 Å². The summed E-state index contributed by atoms with van der Waals surface area (Å²) in [7, 11) is 2.27. The molecule has 14 heavy (non-hydrogen) atoms. The highest BCUT2D eigenvalue weighted by atomic mass is 15.2. The molecule has 0 amide bonds. The molecule has 2 aliphatic heterocycles. The van der Waals surface area contributed by atoms with Gasteiger partial charge in [-0.15, -0.1) is 0 Å². The maximum atomic E-state index is 3.53. The van der Waals surface area contributed by atoms with Gasteiger partial charge in [0.1, 0.15) is 0 Å². The van der Waals surface area contributed by atoms with E-state index in [4.69, 9.17) is 0 Å². The van der Waals surface area contributed by atoms with E-state index in [9.17, 15) is 0 Å². The molecule has 2 aliphatic rings. The summed E-state index contributed by atoms with van der Waals surface area (Å²) in [6.07, 6.45) is 1.34. The van der Waals surface area contributed by atoms with E-state index in [1.807, 2.05) is 0 Å². The normalized spacial score (nSPS) is 41.1. The first-order chi connectivity index (χ1) is 6.79. The second kappa shape index (κ2) is 4.60. The van der Waals surface area contributed by atoms with Gasteiger partial charge in [-0.3, -0.25) is 0 Å². The van der Waals surface area contributed by atoms with Gasteiger partial charge in [-0.05, 0) is 38.4 Å². The van der Waals surface area contributed by atoms with Crippen molar-refractivity contribution in [2.75, 3.05) is 39.8 Å². The summed E-state index contributed by atoms with van der Waals surface area (Å²) in [5.41, 5.74) is 0. The molecular formula is C11H23N3. The fourth-order valence-electron chi connectivity index (χ4n) is 2.83. The molecule has 82 valence electrons. The lowest BCUT2D eigenvalue weighted by Crippen LogP contribution is -2.57. The van der Waals surface area contributed by atoms with Crippen molar-refractivity contribution in [3.05, 3.63) is 0 Å². The Balaban J connectivity index is 1.96. The zero-order chi connectivity index (χ0) is 9.97. The average Bonchev–Trinajstić information content (AvgIpc) is 2.20. The standard InChI is InChI=1S/C11H23N3/c1-9-3-4-12-7-10(9)11-8-13-5-6-14(11)2/h9-13H,3-8H2,1-2H3/t9-,10?,11?/m1/s1. The average molecular weight is 197 g/mol. The molecule has 2 unspecified atom stereocenters. The van der Waals surface area contributed by atoms with Crippen LogP contribution in [0.25, 0.3) is 0 Å². The summed E-state index contributed by atoms with van der Waals surface area (Å²) < 4.78 is 0. The first-order valence-corrected chi connectivity index (χ1v) is 5.90. The van der Waals surface area contributed by atoms with Gasteiger partial charge >= 0.3 is 0 Å². The molecule has 0 radical (unpaired) electrons. The fraction of sp³-hybridized carbons (Fsp3) is 1.00. The lowest BCUT2D eigenvalue weighted by atomic mass is 9.81. The summed E-state index contributed by atoms with van der Waals surface area (Å²) in [6.45, 7) is 8.36. The first-order valence-electron chi connectivity index (χ1n) is 5.90. The van der Waals surface area contributed by atoms with Gasteiger partial charge in [-0.25, -0.2) is 0 Å². The molecule has 3 heteroatoms. The molecule has 2 rings (SSSR count). The van der Waals surface area contributed by atoms with Crippen LogP contribution in [0, 0.1) is 11.8 Å². The quantitative estimate of drug-likeness (QED) is 0.626. The predicted octanol–water partition coefficient (Wildman–Crippen LogP) is 0.136. The van der Waals surface area contributed by atoms with E-state index in [2.05, 4.69) is 29.5 Å². The van der Waals surface area contributed by atoms with Crippen LogP contribution < -0.4 is 10.6 Å². The van der Waals surface area contributed by atoms with E-state index >= 15 is 0 Å². The lowest BCUT2D eigenvalue weighted by molar-refractivity contribution is 0.0942. The SMILES string of the molecule is C[C@@H]1CCNCC1C1CNCCN1C. The molecule has 0 bridgehead atoms. The van der Waals surface area contributed by atoms with Crippen LogP contribution in [-0.2, 0) is 0 Å². The van der Waals surface area contributed by atoms with Gasteiger partial charge in [0.25, 0.3) is 0 Å². The minimum Gasteiger partial charge on any atom is -0.316 e. The Morgan fingerprint density at radius 1 is 1.14 bits per heavy atom. The van der Waals surface area contributed by atoms with Gasteiger partial charge in [0, 0.05) is 25.7 Å². The highest BCUT2D eigenvalue weighted by Crippen LogP contribution is 2.25. The summed E-state index contributed by atoms with van der Waals surface area (Å²) in [5, 5.41) is 7.04. The third-order valence-electron chi connectivity index (χ3n) is 3.94. The molecule has 0 aromatic rings. The Bertz CT molecular complexity index is 163. The van der Waals surface area contributed by atoms with Crippen molar-refractivity contribution in [3.8, 4) is 0 Å². The highest BCUT2D eigenvalue weighted by molar-refractivity contribution is 4.89. The summed E-state index contributed by atoms with van der Waals surface area (Å²) >= 11 is 0. The van der Waals surface area contributed by atoms with Crippen molar-refractivity contribution in [1.82, 2.24) is 15.5 Å². The molecule has 3 nitrogen and oxygen atoms in total. The maximum absolute atomic E-state index is 3.53. The molecule has 0 aliphatic carbocycles. The predicted molar refractivity (Wildman–Crippen MR) is 59.4 cm³/mol. The lowest BCUT2D eigenvalue weighted by Gasteiger charge is -2.43. The number of rotatable bonds is 1. The number of hydrogen-bond acceptors (Lipinski definition) is 3. The van der Waals surface area contributed by atoms with Crippen molar-refractivity contribution in [2.24, 2.45) is 11.8 Å². The molecule has 2 saturated heterocycles. The van der Waals surface area contributed by atoms with Crippen LogP contribution in [0.15, 0.2) is 0 Å². The molecule has 2 heterocycles. The van der Waals surface area contributed by atoms with E-state index in [1.165, 1.54) is 32.6 Å². The van der Waals surface area contributed by atoms with E-state index in [0.29, 0.717) is 0 Å². The first kappa shape index (κ1) is 10.4. The minimum absolute atomic E-state index is 0.742. The highest BCUT2D eigenvalue weighted by Gasteiger charge is 2.32. The molecule has 0 saturated carbocycles. The smallest absolute Gasteiger partial charge is 0.0261 e. The summed E-state index contributed by atoms with van der Waals surface area (Å²) in [4.78, 5) is 2.53. The van der Waals surface area contributed by atoms with E-state index in [-0.39, 0.29) is 0 Å². The molecule has 2 N–H and O–H groups in total. The number of piperidine rings is 1. The van der Waals surface area contributed by atoms with Crippen LogP contribution in [-0.4, -0.2) is 50.7 Å². The fourth-order valence-corrected chi connectivity index (χ4v) is 2.83. The second-order valence-corrected chi connectivity index (χ2v) is 4.89. The van der Waals surface area contributed by atoms with Gasteiger partial charge in [-0.2, -0.15) is 0 Å². The molecule has 0 aromatic carbocycles. The minimum atomic E-state index is 0.742. The molecular weight excluding hydrogens is 174 g/mol. The van der Waals surface area contributed by atoms with Crippen molar-refractivity contribution in [3.63, 3.8) is 0 Å². The van der Waals surface area contributed by atoms with Crippen molar-refractivity contribution in [1.29, 1.82) is 0 Å². The van der Waals surface area contributed by atoms with E-state index < -0.39 is 0 Å². The molecule has 0 spiro atoms.